The Bertz CT molecular complexity index is 1570. The Kier molecular flexibility index (Phi) is 8.50. The monoisotopic (exact) mass is 560 g/mol. The van der Waals surface area contributed by atoms with Crippen LogP contribution in [0.2, 0.25) is 0 Å². The number of hydrogen-bond acceptors (Lipinski definition) is 4. The zero-order valence-corrected chi connectivity index (χ0v) is 26.7. The Labute approximate surface area is 251 Å². The molecule has 0 spiro atoms. The molecule has 0 saturated heterocycles. The predicted molar refractivity (Wildman–Crippen MR) is 179 cm³/mol. The number of aliphatic imine (C=N–C) groups is 2. The summed E-state index contributed by atoms with van der Waals surface area (Å²) in [6, 6.07) is 20.2. The van der Waals surface area contributed by atoms with Crippen molar-refractivity contribution >= 4 is 23.8 Å². The van der Waals surface area contributed by atoms with E-state index in [0.717, 1.165) is 55.9 Å². The summed E-state index contributed by atoms with van der Waals surface area (Å²) in [5.41, 5.74) is 10.7. The lowest BCUT2D eigenvalue weighted by Crippen LogP contribution is -2.12. The maximum atomic E-state index is 11.1. The molecule has 0 amide bonds. The molecule has 42 heavy (non-hydrogen) atoms. The largest absolute Gasteiger partial charge is 0.507 e. The fraction of sp³-hybridized carbons (Fsp3) is 0.316. The minimum absolute atomic E-state index is 0.194. The van der Waals surface area contributed by atoms with Gasteiger partial charge in [-0.25, -0.2) is 0 Å². The highest BCUT2D eigenvalue weighted by molar-refractivity contribution is 5.95. The van der Waals surface area contributed by atoms with Gasteiger partial charge >= 0.3 is 0 Å². The van der Waals surface area contributed by atoms with Gasteiger partial charge in [-0.1, -0.05) is 77.9 Å². The molecule has 0 unspecified atom stereocenters. The predicted octanol–water partition coefficient (Wildman–Crippen LogP) is 10.1. The average molecular weight is 561 g/mol. The SMILES string of the molecule is Cc1cc(C=Nc2cccc(C)c2-c2c(C)cccc2N=Cc2cc(C)cc(C(C)(C)C)c2O)c(O)c(C(C)(C)C)c1. The van der Waals surface area contributed by atoms with E-state index >= 15 is 0 Å². The van der Waals surface area contributed by atoms with E-state index in [9.17, 15) is 10.2 Å². The zero-order valence-electron chi connectivity index (χ0n) is 26.7. The number of phenolic OH excluding ortho intramolecular Hbond substituents is 2. The van der Waals surface area contributed by atoms with Crippen LogP contribution < -0.4 is 0 Å². The molecular formula is C38H44N2O2. The van der Waals surface area contributed by atoms with Crippen molar-refractivity contribution in [3.63, 3.8) is 0 Å². The number of hydrogen-bond donors (Lipinski definition) is 2. The molecule has 4 nitrogen and oxygen atoms in total. The molecule has 4 heteroatoms. The van der Waals surface area contributed by atoms with Crippen LogP contribution in [0.15, 0.2) is 70.6 Å². The van der Waals surface area contributed by atoms with E-state index in [1.165, 1.54) is 0 Å². The summed E-state index contributed by atoms with van der Waals surface area (Å²) < 4.78 is 0. The van der Waals surface area contributed by atoms with Gasteiger partial charge in [0.1, 0.15) is 11.5 Å². The third kappa shape index (κ3) is 6.49. The first-order chi connectivity index (χ1) is 19.6. The molecule has 4 rings (SSSR count). The highest BCUT2D eigenvalue weighted by Gasteiger charge is 2.22. The van der Waals surface area contributed by atoms with E-state index in [1.54, 1.807) is 12.4 Å². The van der Waals surface area contributed by atoms with Crippen molar-refractivity contribution in [2.45, 2.75) is 80.1 Å². The summed E-state index contributed by atoms with van der Waals surface area (Å²) in [6.07, 6.45) is 3.52. The quantitative estimate of drug-likeness (QED) is 0.239. The van der Waals surface area contributed by atoms with Gasteiger partial charge in [-0.2, -0.15) is 0 Å². The van der Waals surface area contributed by atoms with Crippen molar-refractivity contribution in [1.29, 1.82) is 0 Å². The van der Waals surface area contributed by atoms with Gasteiger partial charge < -0.3 is 10.2 Å². The highest BCUT2D eigenvalue weighted by Crippen LogP contribution is 2.42. The Balaban J connectivity index is 1.85. The van der Waals surface area contributed by atoms with Gasteiger partial charge in [-0.15, -0.1) is 0 Å². The van der Waals surface area contributed by atoms with Gasteiger partial charge in [-0.05, 0) is 85.0 Å². The van der Waals surface area contributed by atoms with Crippen LogP contribution in [-0.4, -0.2) is 22.6 Å². The van der Waals surface area contributed by atoms with Gasteiger partial charge in [-0.3, -0.25) is 9.98 Å². The van der Waals surface area contributed by atoms with Crippen molar-refractivity contribution < 1.29 is 10.2 Å². The van der Waals surface area contributed by atoms with E-state index in [-0.39, 0.29) is 22.3 Å². The lowest BCUT2D eigenvalue weighted by Gasteiger charge is -2.22. The Morgan fingerprint density at radius 2 is 0.905 bits per heavy atom. The van der Waals surface area contributed by atoms with E-state index in [0.29, 0.717) is 11.1 Å². The third-order valence-corrected chi connectivity index (χ3v) is 7.62. The number of rotatable bonds is 5. The minimum Gasteiger partial charge on any atom is -0.507 e. The molecule has 218 valence electrons. The van der Waals surface area contributed by atoms with Crippen molar-refractivity contribution in [2.24, 2.45) is 9.98 Å². The summed E-state index contributed by atoms with van der Waals surface area (Å²) in [5, 5.41) is 22.2. The molecule has 0 saturated carbocycles. The normalized spacial score (nSPS) is 12.5. The maximum Gasteiger partial charge on any atom is 0.128 e. The summed E-state index contributed by atoms with van der Waals surface area (Å²) in [7, 11) is 0. The Hall–Kier alpha value is -4.18. The maximum absolute atomic E-state index is 11.1. The molecule has 2 N–H and O–H groups in total. The number of nitrogens with zero attached hydrogens (tertiary/aromatic N) is 2. The molecule has 0 aliphatic rings. The number of aryl methyl sites for hydroxylation is 4. The molecule has 0 aromatic heterocycles. The molecule has 0 radical (unpaired) electrons. The zero-order chi connectivity index (χ0) is 31.0. The van der Waals surface area contributed by atoms with Gasteiger partial charge in [0.15, 0.2) is 0 Å². The van der Waals surface area contributed by atoms with Crippen LogP contribution in [0.3, 0.4) is 0 Å². The first-order valence-electron chi connectivity index (χ1n) is 14.5. The highest BCUT2D eigenvalue weighted by atomic mass is 16.3. The van der Waals surface area contributed by atoms with Crippen LogP contribution in [-0.2, 0) is 10.8 Å². The summed E-state index contributed by atoms with van der Waals surface area (Å²) in [6.45, 7) is 20.8. The molecule has 4 aromatic rings. The molecule has 0 aliphatic heterocycles. The van der Waals surface area contributed by atoms with Crippen LogP contribution in [0.5, 0.6) is 11.5 Å². The van der Waals surface area contributed by atoms with Crippen molar-refractivity contribution in [2.75, 3.05) is 0 Å². The molecule has 0 bridgehead atoms. The van der Waals surface area contributed by atoms with Crippen LogP contribution in [0.4, 0.5) is 11.4 Å². The van der Waals surface area contributed by atoms with Crippen molar-refractivity contribution in [3.8, 4) is 22.6 Å². The second kappa shape index (κ2) is 11.6. The van der Waals surface area contributed by atoms with E-state index in [4.69, 9.17) is 9.98 Å². The van der Waals surface area contributed by atoms with E-state index < -0.39 is 0 Å². The summed E-state index contributed by atoms with van der Waals surface area (Å²) >= 11 is 0. The molecule has 0 aliphatic carbocycles. The van der Waals surface area contributed by atoms with Crippen LogP contribution >= 0.6 is 0 Å². The van der Waals surface area contributed by atoms with E-state index in [1.807, 2.05) is 62.4 Å². The Morgan fingerprint density at radius 1 is 0.548 bits per heavy atom. The number of aromatic hydroxyl groups is 2. The van der Waals surface area contributed by atoms with Gasteiger partial charge in [0, 0.05) is 45.8 Å². The second-order valence-electron chi connectivity index (χ2n) is 13.5. The summed E-state index contributed by atoms with van der Waals surface area (Å²) in [5.74, 6) is 0.527. The first-order valence-corrected chi connectivity index (χ1v) is 14.5. The van der Waals surface area contributed by atoms with Crippen LogP contribution in [0, 0.1) is 27.7 Å². The molecule has 0 atom stereocenters. The lowest BCUT2D eigenvalue weighted by molar-refractivity contribution is 0.445. The molecule has 0 heterocycles. The van der Waals surface area contributed by atoms with Crippen LogP contribution in [0.25, 0.3) is 11.1 Å². The smallest absolute Gasteiger partial charge is 0.128 e. The molecule has 4 aromatic carbocycles. The van der Waals surface area contributed by atoms with Crippen molar-refractivity contribution in [3.05, 3.63) is 105 Å². The fourth-order valence-electron chi connectivity index (χ4n) is 5.40. The van der Waals surface area contributed by atoms with Gasteiger partial charge in [0.05, 0.1) is 11.4 Å². The molecular weight excluding hydrogens is 516 g/mol. The second-order valence-corrected chi connectivity index (χ2v) is 13.5. The van der Waals surface area contributed by atoms with Gasteiger partial charge in [0.2, 0.25) is 0 Å². The average Bonchev–Trinajstić information content (AvgIpc) is 2.88. The Morgan fingerprint density at radius 3 is 1.24 bits per heavy atom. The standard InChI is InChI=1S/C38H44N2O2/c1-23-17-27(35(41)29(19-23)37(5,6)7)21-39-31-15-11-13-25(3)33(31)34-26(4)14-12-16-32(34)40-22-28-18-24(2)20-30(36(28)42)38(8,9)10/h11-22,41-42H,1-10H3. The topological polar surface area (TPSA) is 65.2 Å². The lowest BCUT2D eigenvalue weighted by atomic mass is 9.84. The van der Waals surface area contributed by atoms with E-state index in [2.05, 4.69) is 67.5 Å². The minimum atomic E-state index is -0.194. The third-order valence-electron chi connectivity index (χ3n) is 7.62. The number of benzene rings is 4. The first kappa shape index (κ1) is 30.8. The summed E-state index contributed by atoms with van der Waals surface area (Å²) in [4.78, 5) is 9.85. The fourth-order valence-corrected chi connectivity index (χ4v) is 5.40. The van der Waals surface area contributed by atoms with Crippen LogP contribution in [0.1, 0.15) is 86.1 Å². The molecule has 0 fully saturated rings. The van der Waals surface area contributed by atoms with Crippen molar-refractivity contribution in [1.82, 2.24) is 0 Å². The number of phenols is 2. The van der Waals surface area contributed by atoms with Gasteiger partial charge in [0.25, 0.3) is 0 Å².